The van der Waals surface area contributed by atoms with E-state index in [-0.39, 0.29) is 12.4 Å². The Morgan fingerprint density at radius 2 is 1.95 bits per heavy atom. The van der Waals surface area contributed by atoms with Crippen LogP contribution in [0.3, 0.4) is 0 Å². The molecule has 2 saturated carbocycles. The minimum Gasteiger partial charge on any atom is -0.355 e. The molecule has 1 atom stereocenters. The smallest absolute Gasteiger partial charge is 0.223 e. The van der Waals surface area contributed by atoms with Crippen LogP contribution in [0.5, 0.6) is 0 Å². The van der Waals surface area contributed by atoms with Gasteiger partial charge in [-0.3, -0.25) is 4.79 Å². The molecule has 3 aliphatic rings. The Kier molecular flexibility index (Phi) is 4.46. The van der Waals surface area contributed by atoms with Gasteiger partial charge in [-0.1, -0.05) is 13.3 Å². The molecule has 1 heterocycles. The van der Waals surface area contributed by atoms with Crippen LogP contribution in [-0.4, -0.2) is 25.5 Å². The molecule has 0 bridgehead atoms. The van der Waals surface area contributed by atoms with Crippen LogP contribution in [0.1, 0.15) is 51.9 Å². The van der Waals surface area contributed by atoms with Gasteiger partial charge in [-0.2, -0.15) is 0 Å². The van der Waals surface area contributed by atoms with Crippen molar-refractivity contribution < 1.29 is 4.79 Å². The van der Waals surface area contributed by atoms with E-state index in [0.29, 0.717) is 22.7 Å². The van der Waals surface area contributed by atoms with Gasteiger partial charge in [0.1, 0.15) is 0 Å². The van der Waals surface area contributed by atoms with E-state index in [2.05, 4.69) is 17.6 Å². The minimum atomic E-state index is 0. The Hall–Kier alpha value is -0.280. The van der Waals surface area contributed by atoms with Gasteiger partial charge in [0.2, 0.25) is 5.91 Å². The van der Waals surface area contributed by atoms with Crippen molar-refractivity contribution >= 4 is 18.3 Å². The van der Waals surface area contributed by atoms with Crippen molar-refractivity contribution in [2.75, 3.05) is 19.6 Å². The Bertz CT molecular complexity index is 335. The van der Waals surface area contributed by atoms with E-state index in [1.54, 1.807) is 0 Å². The highest BCUT2D eigenvalue weighted by Crippen LogP contribution is 2.58. The minimum absolute atomic E-state index is 0. The molecule has 110 valence electrons. The number of piperidine rings is 1. The normalized spacial score (nSPS) is 29.4. The van der Waals surface area contributed by atoms with Gasteiger partial charge in [0.15, 0.2) is 0 Å². The van der Waals surface area contributed by atoms with Crippen LogP contribution in [0, 0.1) is 16.7 Å². The molecule has 0 aromatic rings. The Labute approximate surface area is 122 Å². The third kappa shape index (κ3) is 3.08. The average molecular weight is 287 g/mol. The van der Waals surface area contributed by atoms with Crippen molar-refractivity contribution in [3.8, 4) is 0 Å². The van der Waals surface area contributed by atoms with E-state index in [1.165, 1.54) is 38.5 Å². The maximum atomic E-state index is 12.2. The molecule has 0 aromatic heterocycles. The number of carbonyl (C=O) groups excluding carboxylic acids is 1. The molecular formula is C15H27ClN2O. The second-order valence-corrected chi connectivity index (χ2v) is 6.84. The van der Waals surface area contributed by atoms with Crippen LogP contribution < -0.4 is 10.6 Å². The van der Waals surface area contributed by atoms with E-state index in [1.807, 2.05) is 0 Å². The van der Waals surface area contributed by atoms with Gasteiger partial charge >= 0.3 is 0 Å². The van der Waals surface area contributed by atoms with E-state index in [0.717, 1.165) is 26.1 Å². The zero-order valence-electron chi connectivity index (χ0n) is 12.0. The first kappa shape index (κ1) is 15.1. The lowest BCUT2D eigenvalue weighted by atomic mass is 9.91. The fourth-order valence-corrected chi connectivity index (χ4v) is 3.82. The highest BCUT2D eigenvalue weighted by Gasteiger charge is 2.57. The fraction of sp³-hybridized carbons (Fsp3) is 0.933. The van der Waals surface area contributed by atoms with Crippen LogP contribution >= 0.6 is 12.4 Å². The first-order valence-electron chi connectivity index (χ1n) is 7.68. The number of hydrogen-bond acceptors (Lipinski definition) is 2. The monoisotopic (exact) mass is 286 g/mol. The quantitative estimate of drug-likeness (QED) is 0.815. The highest BCUT2D eigenvalue weighted by molar-refractivity contribution is 5.85. The largest absolute Gasteiger partial charge is 0.355 e. The first-order chi connectivity index (χ1) is 8.70. The van der Waals surface area contributed by atoms with Crippen molar-refractivity contribution in [1.82, 2.24) is 10.6 Å². The SMILES string of the molecule is CCCC1(CNC(=O)C2CC23CCNCC3)CC1.Cl. The average Bonchev–Trinajstić information content (AvgIpc) is 3.27. The summed E-state index contributed by atoms with van der Waals surface area (Å²) in [6.45, 7) is 5.38. The predicted molar refractivity (Wildman–Crippen MR) is 79.5 cm³/mol. The number of halogens is 1. The molecule has 4 heteroatoms. The summed E-state index contributed by atoms with van der Waals surface area (Å²) >= 11 is 0. The third-order valence-corrected chi connectivity index (χ3v) is 5.48. The highest BCUT2D eigenvalue weighted by atomic mass is 35.5. The third-order valence-electron chi connectivity index (χ3n) is 5.48. The van der Waals surface area contributed by atoms with Crippen molar-refractivity contribution in [2.45, 2.75) is 51.9 Å². The first-order valence-corrected chi connectivity index (χ1v) is 7.68. The predicted octanol–water partition coefficient (Wildman–Crippen LogP) is 2.49. The van der Waals surface area contributed by atoms with Crippen LogP contribution in [-0.2, 0) is 4.79 Å². The molecule has 2 aliphatic carbocycles. The summed E-state index contributed by atoms with van der Waals surface area (Å²) in [6.07, 6.45) is 8.71. The van der Waals surface area contributed by atoms with Crippen molar-refractivity contribution in [2.24, 2.45) is 16.7 Å². The Balaban J connectivity index is 0.00000133. The molecule has 3 rings (SSSR count). The lowest BCUT2D eigenvalue weighted by Gasteiger charge is -2.23. The molecule has 2 N–H and O–H groups in total. The van der Waals surface area contributed by atoms with Gasteiger partial charge in [0.25, 0.3) is 0 Å². The summed E-state index contributed by atoms with van der Waals surface area (Å²) in [7, 11) is 0. The topological polar surface area (TPSA) is 41.1 Å². The van der Waals surface area contributed by atoms with Crippen molar-refractivity contribution in [3.05, 3.63) is 0 Å². The van der Waals surface area contributed by atoms with Gasteiger partial charge in [-0.05, 0) is 62.4 Å². The molecule has 1 aliphatic heterocycles. The van der Waals surface area contributed by atoms with Crippen LogP contribution in [0.25, 0.3) is 0 Å². The molecule has 1 amide bonds. The zero-order chi connectivity index (χ0) is 12.6. The molecule has 1 saturated heterocycles. The van der Waals surface area contributed by atoms with Gasteiger partial charge in [0, 0.05) is 12.5 Å². The summed E-state index contributed by atoms with van der Waals surface area (Å²) in [5.74, 6) is 0.677. The molecule has 1 spiro atoms. The number of amides is 1. The zero-order valence-corrected chi connectivity index (χ0v) is 12.8. The van der Waals surface area contributed by atoms with Gasteiger partial charge in [-0.15, -0.1) is 12.4 Å². The van der Waals surface area contributed by atoms with E-state index in [4.69, 9.17) is 0 Å². The van der Waals surface area contributed by atoms with E-state index in [9.17, 15) is 4.79 Å². The van der Waals surface area contributed by atoms with Crippen LogP contribution in [0.15, 0.2) is 0 Å². The Morgan fingerprint density at radius 3 is 2.53 bits per heavy atom. The number of rotatable bonds is 5. The number of carbonyl (C=O) groups is 1. The molecule has 0 aromatic carbocycles. The van der Waals surface area contributed by atoms with Gasteiger partial charge in [0.05, 0.1) is 0 Å². The lowest BCUT2D eigenvalue weighted by molar-refractivity contribution is -0.123. The maximum Gasteiger partial charge on any atom is 0.223 e. The van der Waals surface area contributed by atoms with E-state index < -0.39 is 0 Å². The summed E-state index contributed by atoms with van der Waals surface area (Å²) in [6, 6.07) is 0. The molecule has 3 fully saturated rings. The molecule has 0 radical (unpaired) electrons. The number of hydrogen-bond donors (Lipinski definition) is 2. The molecule has 3 nitrogen and oxygen atoms in total. The van der Waals surface area contributed by atoms with Crippen molar-refractivity contribution in [1.29, 1.82) is 0 Å². The lowest BCUT2D eigenvalue weighted by Crippen LogP contribution is -2.35. The van der Waals surface area contributed by atoms with E-state index >= 15 is 0 Å². The van der Waals surface area contributed by atoms with Gasteiger partial charge < -0.3 is 10.6 Å². The fourth-order valence-electron chi connectivity index (χ4n) is 3.82. The summed E-state index contributed by atoms with van der Waals surface area (Å²) in [5.41, 5.74) is 0.872. The summed E-state index contributed by atoms with van der Waals surface area (Å²) in [4.78, 5) is 12.2. The summed E-state index contributed by atoms with van der Waals surface area (Å²) < 4.78 is 0. The van der Waals surface area contributed by atoms with Crippen molar-refractivity contribution in [3.63, 3.8) is 0 Å². The van der Waals surface area contributed by atoms with Gasteiger partial charge in [-0.25, -0.2) is 0 Å². The standard InChI is InChI=1S/C15H26N2O.ClH/c1-2-3-14(4-5-14)11-17-13(18)12-10-15(12)6-8-16-9-7-15;/h12,16H,2-11H2,1H3,(H,17,18);1H. The van der Waals surface area contributed by atoms with Crippen LogP contribution in [0.4, 0.5) is 0 Å². The molecular weight excluding hydrogens is 260 g/mol. The second-order valence-electron chi connectivity index (χ2n) is 6.84. The second kappa shape index (κ2) is 5.61. The van der Waals surface area contributed by atoms with Crippen LogP contribution in [0.2, 0.25) is 0 Å². The summed E-state index contributed by atoms with van der Waals surface area (Å²) in [5, 5.41) is 6.64. The molecule has 1 unspecified atom stereocenters. The Morgan fingerprint density at radius 1 is 1.26 bits per heavy atom. The number of nitrogens with one attached hydrogen (secondary N) is 2. The molecule has 19 heavy (non-hydrogen) atoms. The maximum absolute atomic E-state index is 12.2.